The second kappa shape index (κ2) is 11.2. The molecule has 0 radical (unpaired) electrons. The molecule has 2 rings (SSSR count). The maximum atomic E-state index is 9.62. The second-order valence-electron chi connectivity index (χ2n) is 4.74. The summed E-state index contributed by atoms with van der Waals surface area (Å²) in [6.45, 7) is 0. The Morgan fingerprint density at radius 1 is 1.07 bits per heavy atom. The molecule has 13 heteroatoms. The van der Waals surface area contributed by atoms with Gasteiger partial charge < -0.3 is 21.2 Å². The third-order valence-corrected chi connectivity index (χ3v) is 3.19. The van der Waals surface area contributed by atoms with Crippen LogP contribution in [-0.2, 0) is 0 Å². The minimum Gasteiger partial charge on any atom is -0.507 e. The monoisotopic (exact) mass is 428 g/mol. The van der Waals surface area contributed by atoms with Gasteiger partial charge in [-0.15, -0.1) is 15.2 Å². The van der Waals surface area contributed by atoms with Crippen molar-refractivity contribution in [2.24, 2.45) is 21.0 Å². The van der Waals surface area contributed by atoms with E-state index in [4.69, 9.17) is 44.3 Å². The molecule has 0 aliphatic carbocycles. The van der Waals surface area contributed by atoms with E-state index >= 15 is 0 Å². The zero-order valence-electron chi connectivity index (χ0n) is 13.9. The van der Waals surface area contributed by atoms with Gasteiger partial charge >= 0.3 is 0 Å². The largest absolute Gasteiger partial charge is 0.507 e. The molecule has 0 saturated heterocycles. The van der Waals surface area contributed by atoms with Crippen LogP contribution in [0.2, 0.25) is 10.0 Å². The van der Waals surface area contributed by atoms with Crippen molar-refractivity contribution in [3.05, 3.63) is 67.7 Å². The normalized spacial score (nSPS) is 11.3. The summed E-state index contributed by atoms with van der Waals surface area (Å²) in [6.07, 6.45) is 2.62. The Morgan fingerprint density at radius 3 is 2.04 bits per heavy atom. The van der Waals surface area contributed by atoms with Crippen molar-refractivity contribution < 1.29 is 20.5 Å². The topological polar surface area (TPSA) is 179 Å². The van der Waals surface area contributed by atoms with Crippen molar-refractivity contribution in [2.45, 2.75) is 0 Å². The van der Waals surface area contributed by atoms with Crippen molar-refractivity contribution >= 4 is 41.6 Å². The maximum absolute atomic E-state index is 9.62. The van der Waals surface area contributed by atoms with Crippen LogP contribution in [0, 0.1) is 10.1 Å². The van der Waals surface area contributed by atoms with Crippen LogP contribution in [0.25, 0.3) is 0 Å². The number of nitrogens with two attached hydrogens (primary N) is 1. The van der Waals surface area contributed by atoms with Crippen LogP contribution in [0.1, 0.15) is 11.1 Å². The average Bonchev–Trinajstić information content (AvgIpc) is 2.60. The molecule has 0 unspecified atom stereocenters. The number of nitrogens with one attached hydrogen (secondary N) is 1. The van der Waals surface area contributed by atoms with Gasteiger partial charge in [0.25, 0.3) is 5.09 Å². The number of hydrogen-bond acceptors (Lipinski definition) is 7. The minimum atomic E-state index is -1.50. The lowest BCUT2D eigenvalue weighted by atomic mass is 10.2. The van der Waals surface area contributed by atoms with Gasteiger partial charge in [-0.25, -0.2) is 5.43 Å². The molecule has 0 saturated carbocycles. The van der Waals surface area contributed by atoms with Crippen LogP contribution in [0.5, 0.6) is 11.5 Å². The van der Waals surface area contributed by atoms with E-state index in [1.165, 1.54) is 36.7 Å². The molecule has 0 amide bonds. The summed E-state index contributed by atoms with van der Waals surface area (Å²) in [6, 6.07) is 9.06. The fourth-order valence-electron chi connectivity index (χ4n) is 1.60. The Hall–Kier alpha value is -3.57. The van der Waals surface area contributed by atoms with Gasteiger partial charge in [-0.05, 0) is 36.4 Å². The van der Waals surface area contributed by atoms with Gasteiger partial charge in [0.05, 0.1) is 12.4 Å². The summed E-state index contributed by atoms with van der Waals surface area (Å²) < 4.78 is 0. The molecule has 0 aliphatic rings. The minimum absolute atomic E-state index is 0.0133. The van der Waals surface area contributed by atoms with E-state index in [1.807, 2.05) is 0 Å². The number of aromatic hydroxyl groups is 2. The van der Waals surface area contributed by atoms with E-state index in [2.05, 4.69) is 20.7 Å². The van der Waals surface area contributed by atoms with Gasteiger partial charge in [0.2, 0.25) is 5.96 Å². The average molecular weight is 429 g/mol. The first-order valence-corrected chi connectivity index (χ1v) is 7.90. The van der Waals surface area contributed by atoms with Gasteiger partial charge in [0, 0.05) is 21.2 Å². The Kier molecular flexibility index (Phi) is 8.99. The van der Waals surface area contributed by atoms with Crippen LogP contribution in [0.15, 0.2) is 51.7 Å². The first kappa shape index (κ1) is 22.5. The number of halogens is 2. The molecule has 28 heavy (non-hydrogen) atoms. The Balaban J connectivity index is 0.000000892. The summed E-state index contributed by atoms with van der Waals surface area (Å²) in [5, 5.41) is 45.0. The highest BCUT2D eigenvalue weighted by Gasteiger charge is 1.99. The zero-order valence-corrected chi connectivity index (χ0v) is 15.4. The Morgan fingerprint density at radius 2 is 1.54 bits per heavy atom. The van der Waals surface area contributed by atoms with Gasteiger partial charge in [-0.3, -0.25) is 0 Å². The molecule has 2 aromatic carbocycles. The smallest absolute Gasteiger partial charge is 0.291 e. The fourth-order valence-corrected chi connectivity index (χ4v) is 1.96. The van der Waals surface area contributed by atoms with E-state index < -0.39 is 5.09 Å². The number of hydrazone groups is 1. The van der Waals surface area contributed by atoms with Crippen molar-refractivity contribution in [2.75, 3.05) is 0 Å². The van der Waals surface area contributed by atoms with E-state index in [9.17, 15) is 10.2 Å². The van der Waals surface area contributed by atoms with Gasteiger partial charge in [0.1, 0.15) is 11.5 Å². The van der Waals surface area contributed by atoms with Gasteiger partial charge in [0.15, 0.2) is 0 Å². The third kappa shape index (κ3) is 8.69. The lowest BCUT2D eigenvalue weighted by Crippen LogP contribution is -2.26. The number of benzene rings is 2. The fraction of sp³-hybridized carbons (Fsp3) is 0. The quantitative estimate of drug-likeness (QED) is 0.214. The second-order valence-corrected chi connectivity index (χ2v) is 5.62. The van der Waals surface area contributed by atoms with Crippen LogP contribution in [0.4, 0.5) is 0 Å². The summed E-state index contributed by atoms with van der Waals surface area (Å²) in [4.78, 5) is 8.36. The van der Waals surface area contributed by atoms with E-state index in [0.29, 0.717) is 21.2 Å². The van der Waals surface area contributed by atoms with Crippen LogP contribution in [-0.4, -0.2) is 38.9 Å². The van der Waals surface area contributed by atoms with E-state index in [1.54, 1.807) is 12.1 Å². The standard InChI is InChI=1S/C15H13Cl2N5O2.HNO3/c16-11-1-3-13(23)9(5-11)7-19-21-15(18)22-20-8-10-6-12(17)2-4-14(10)24;2-1(3)4/h1-8,23-24H,(H3,18,21,22);(H,2,3,4)/b19-7+,20-8+;. The molecule has 2 aromatic rings. The van der Waals surface area contributed by atoms with Crippen molar-refractivity contribution in [3.63, 3.8) is 0 Å². The highest BCUT2D eigenvalue weighted by molar-refractivity contribution is 6.31. The van der Waals surface area contributed by atoms with Gasteiger partial charge in [-0.1, -0.05) is 23.2 Å². The van der Waals surface area contributed by atoms with Crippen LogP contribution < -0.4 is 11.2 Å². The van der Waals surface area contributed by atoms with Crippen LogP contribution >= 0.6 is 23.2 Å². The Labute approximate surface area is 168 Å². The van der Waals surface area contributed by atoms with E-state index in [0.717, 1.165) is 0 Å². The summed E-state index contributed by atoms with van der Waals surface area (Å²) >= 11 is 11.6. The summed E-state index contributed by atoms with van der Waals surface area (Å²) in [5.41, 5.74) is 8.81. The molecule has 0 aliphatic heterocycles. The van der Waals surface area contributed by atoms with Crippen LogP contribution in [0.3, 0.4) is 0 Å². The molecular weight excluding hydrogens is 415 g/mol. The number of phenolic OH excluding ortho intramolecular Hbond substituents is 2. The maximum Gasteiger partial charge on any atom is 0.291 e. The molecule has 0 spiro atoms. The molecule has 6 N–H and O–H groups in total. The van der Waals surface area contributed by atoms with Gasteiger partial charge in [-0.2, -0.15) is 10.2 Å². The lowest BCUT2D eigenvalue weighted by molar-refractivity contribution is -0.742. The number of rotatable bonds is 4. The van der Waals surface area contributed by atoms with Crippen molar-refractivity contribution in [1.82, 2.24) is 5.43 Å². The Bertz CT molecular complexity index is 916. The molecule has 0 bridgehead atoms. The number of hydrogen-bond donors (Lipinski definition) is 5. The first-order chi connectivity index (χ1) is 13.2. The molecule has 148 valence electrons. The lowest BCUT2D eigenvalue weighted by Gasteiger charge is -2.00. The summed E-state index contributed by atoms with van der Waals surface area (Å²) in [7, 11) is 0. The highest BCUT2D eigenvalue weighted by atomic mass is 35.5. The number of guanidine groups is 1. The number of nitrogens with zero attached hydrogens (tertiary/aromatic N) is 4. The predicted molar refractivity (Wildman–Crippen MR) is 105 cm³/mol. The molecule has 11 nitrogen and oxygen atoms in total. The zero-order chi connectivity index (χ0) is 21.1. The SMILES string of the molecule is N/C(=N\N=C\c1cc(Cl)ccc1O)N/N=C/c1cc(Cl)ccc1O.O=[N+]([O-])O. The predicted octanol–water partition coefficient (Wildman–Crippen LogP) is 2.33. The molecular formula is C15H14Cl2N6O5. The molecule has 0 fully saturated rings. The van der Waals surface area contributed by atoms with E-state index in [-0.39, 0.29) is 17.5 Å². The first-order valence-electron chi connectivity index (χ1n) is 7.15. The molecule has 0 aromatic heterocycles. The third-order valence-electron chi connectivity index (χ3n) is 2.72. The van der Waals surface area contributed by atoms with Crippen molar-refractivity contribution in [3.8, 4) is 11.5 Å². The highest BCUT2D eigenvalue weighted by Crippen LogP contribution is 2.20. The molecule has 0 atom stereocenters. The van der Waals surface area contributed by atoms with Crippen molar-refractivity contribution in [1.29, 1.82) is 0 Å². The number of phenols is 2. The summed E-state index contributed by atoms with van der Waals surface area (Å²) in [5.74, 6) is -0.0558. The molecule has 0 heterocycles.